The molecule has 42 heavy (non-hydrogen) atoms. The molecule has 3 aliphatic rings. The van der Waals surface area contributed by atoms with Gasteiger partial charge in [-0.25, -0.2) is 9.59 Å². The molecule has 2 amide bonds. The number of aryl methyl sites for hydroxylation is 2. The van der Waals surface area contributed by atoms with Gasteiger partial charge in [-0.15, -0.1) is 0 Å². The quantitative estimate of drug-likeness (QED) is 0.357. The van der Waals surface area contributed by atoms with Gasteiger partial charge in [0.1, 0.15) is 22.6 Å². The first kappa shape index (κ1) is 30.2. The topological polar surface area (TPSA) is 86.1 Å². The number of fused-ring (bicyclic) bond motifs is 4. The Bertz CT molecular complexity index is 1370. The Morgan fingerprint density at radius 2 is 1.57 bits per heavy atom. The van der Waals surface area contributed by atoms with E-state index in [0.29, 0.717) is 32.5 Å². The molecule has 2 saturated heterocycles. The second-order valence-corrected chi connectivity index (χ2v) is 14.9. The molecule has 1 spiro atoms. The van der Waals surface area contributed by atoms with Gasteiger partial charge in [0.05, 0.1) is 17.4 Å². The van der Waals surface area contributed by atoms with Crippen LogP contribution in [0.3, 0.4) is 0 Å². The van der Waals surface area contributed by atoms with Gasteiger partial charge < -0.3 is 24.0 Å². The van der Waals surface area contributed by atoms with Crippen molar-refractivity contribution in [3.8, 4) is 17.0 Å². The number of nitrogens with zero attached hydrogens (tertiary/aromatic N) is 4. The number of carbonyl (C=O) groups is 2. The Balaban J connectivity index is 1.48. The van der Waals surface area contributed by atoms with Crippen LogP contribution in [0, 0.1) is 13.8 Å². The van der Waals surface area contributed by atoms with Gasteiger partial charge in [-0.05, 0) is 99.8 Å². The minimum atomic E-state index is -0.580. The zero-order valence-corrected chi connectivity index (χ0v) is 27.1. The van der Waals surface area contributed by atoms with Gasteiger partial charge in [0.15, 0.2) is 0 Å². The number of piperidine rings is 2. The molecule has 4 heterocycles. The SMILES string of the molecule is Cc1ccc2c(c1)OC1(CCN(C(=O)OC(C)(C)C)CC1)c1c(C)nn([C@@H]3CCN(C(=O)OC(C)(C)C)C(C)(C)C3)c1-2. The Kier molecular flexibility index (Phi) is 7.34. The van der Waals surface area contributed by atoms with Crippen LogP contribution < -0.4 is 4.74 Å². The summed E-state index contributed by atoms with van der Waals surface area (Å²) in [4.78, 5) is 29.6. The summed E-state index contributed by atoms with van der Waals surface area (Å²) in [5, 5.41) is 5.18. The first-order chi connectivity index (χ1) is 19.4. The Hall–Kier alpha value is -3.23. The summed E-state index contributed by atoms with van der Waals surface area (Å²) in [5.74, 6) is 0.861. The van der Waals surface area contributed by atoms with Crippen LogP contribution in [0.2, 0.25) is 0 Å². The third kappa shape index (κ3) is 5.71. The lowest BCUT2D eigenvalue weighted by Gasteiger charge is -2.47. The molecule has 0 bridgehead atoms. The van der Waals surface area contributed by atoms with Crippen molar-refractivity contribution in [3.63, 3.8) is 0 Å². The molecule has 1 aromatic heterocycles. The van der Waals surface area contributed by atoms with Crippen LogP contribution in [0.25, 0.3) is 11.3 Å². The van der Waals surface area contributed by atoms with Crippen LogP contribution >= 0.6 is 0 Å². The van der Waals surface area contributed by atoms with E-state index in [9.17, 15) is 9.59 Å². The lowest BCUT2D eigenvalue weighted by atomic mass is 9.79. The number of aromatic nitrogens is 2. The van der Waals surface area contributed by atoms with Gasteiger partial charge in [-0.3, -0.25) is 4.68 Å². The van der Waals surface area contributed by atoms with E-state index in [0.717, 1.165) is 46.7 Å². The van der Waals surface area contributed by atoms with Gasteiger partial charge in [-0.1, -0.05) is 6.07 Å². The van der Waals surface area contributed by atoms with Crippen molar-refractivity contribution in [1.82, 2.24) is 19.6 Å². The van der Waals surface area contributed by atoms with Crippen LogP contribution in [0.1, 0.15) is 104 Å². The van der Waals surface area contributed by atoms with E-state index in [-0.39, 0.29) is 18.2 Å². The third-order valence-corrected chi connectivity index (χ3v) is 8.57. The molecular formula is C33H48N4O5. The average molecular weight is 581 g/mol. The summed E-state index contributed by atoms with van der Waals surface area (Å²) in [6, 6.07) is 6.48. The molecule has 9 nitrogen and oxygen atoms in total. The lowest BCUT2D eigenvalue weighted by molar-refractivity contribution is -0.0221. The van der Waals surface area contributed by atoms with Gasteiger partial charge in [0, 0.05) is 49.1 Å². The summed E-state index contributed by atoms with van der Waals surface area (Å²) in [6.45, 7) is 21.4. The molecule has 0 aliphatic carbocycles. The van der Waals surface area contributed by atoms with Crippen molar-refractivity contribution >= 4 is 12.2 Å². The fourth-order valence-corrected chi connectivity index (χ4v) is 6.75. The Labute approximate surface area is 250 Å². The molecule has 0 N–H and O–H groups in total. The van der Waals surface area contributed by atoms with Gasteiger partial charge in [0.2, 0.25) is 0 Å². The monoisotopic (exact) mass is 580 g/mol. The predicted molar refractivity (Wildman–Crippen MR) is 162 cm³/mol. The van der Waals surface area contributed by atoms with E-state index in [1.807, 2.05) is 46.4 Å². The second kappa shape index (κ2) is 10.2. The average Bonchev–Trinajstić information content (AvgIpc) is 3.19. The minimum Gasteiger partial charge on any atom is -0.482 e. The molecule has 0 radical (unpaired) electrons. The van der Waals surface area contributed by atoms with Crippen LogP contribution in [0.15, 0.2) is 18.2 Å². The number of hydrogen-bond donors (Lipinski definition) is 0. The van der Waals surface area contributed by atoms with Crippen LogP contribution in [-0.4, -0.2) is 68.1 Å². The standard InChI is InChI=1S/C33H48N4O5/c1-21-11-12-24-25(19-21)40-33(14-17-35(18-15-33)28(38)41-30(3,4)5)26-22(2)34-37(27(24)26)23-13-16-36(32(9,10)20-23)29(39)42-31(6,7)8/h11-12,19,23H,13-18,20H2,1-10H3/t23-/m1/s1. The third-order valence-electron chi connectivity index (χ3n) is 8.57. The molecule has 2 aromatic rings. The van der Waals surface area contributed by atoms with Gasteiger partial charge in [-0.2, -0.15) is 5.10 Å². The lowest BCUT2D eigenvalue weighted by Crippen LogP contribution is -2.54. The molecule has 9 heteroatoms. The summed E-state index contributed by atoms with van der Waals surface area (Å²) >= 11 is 0. The first-order valence-corrected chi connectivity index (χ1v) is 15.3. The molecule has 1 aromatic carbocycles. The second-order valence-electron chi connectivity index (χ2n) is 14.9. The number of likely N-dealkylation sites (tertiary alicyclic amines) is 2. The van der Waals surface area contributed by atoms with Crippen LogP contribution in [-0.2, 0) is 15.1 Å². The van der Waals surface area contributed by atoms with E-state index in [1.165, 1.54) is 0 Å². The number of carbonyl (C=O) groups excluding carboxylic acids is 2. The van der Waals surface area contributed by atoms with Crippen LogP contribution in [0.4, 0.5) is 9.59 Å². The normalized spacial score (nSPS) is 21.3. The molecule has 3 aliphatic heterocycles. The Morgan fingerprint density at radius 1 is 0.952 bits per heavy atom. The fraction of sp³-hybridized carbons (Fsp3) is 0.667. The first-order valence-electron chi connectivity index (χ1n) is 15.3. The number of rotatable bonds is 1. The van der Waals surface area contributed by atoms with Crippen molar-refractivity contribution in [2.24, 2.45) is 0 Å². The smallest absolute Gasteiger partial charge is 0.410 e. The van der Waals surface area contributed by atoms with Crippen LogP contribution in [0.5, 0.6) is 5.75 Å². The Morgan fingerprint density at radius 3 is 2.17 bits per heavy atom. The number of hydrogen-bond acceptors (Lipinski definition) is 6. The van der Waals surface area contributed by atoms with E-state index in [2.05, 4.69) is 50.6 Å². The molecule has 1 atom stereocenters. The maximum absolute atomic E-state index is 13.1. The minimum absolute atomic E-state index is 0.104. The van der Waals surface area contributed by atoms with Crippen molar-refractivity contribution in [2.75, 3.05) is 19.6 Å². The fourth-order valence-electron chi connectivity index (χ4n) is 6.75. The number of ether oxygens (including phenoxy) is 3. The molecular weight excluding hydrogens is 532 g/mol. The number of benzene rings is 1. The molecule has 230 valence electrons. The zero-order valence-electron chi connectivity index (χ0n) is 27.1. The van der Waals surface area contributed by atoms with E-state index < -0.39 is 22.3 Å². The van der Waals surface area contributed by atoms with Crippen molar-refractivity contribution in [1.29, 1.82) is 0 Å². The molecule has 0 saturated carbocycles. The summed E-state index contributed by atoms with van der Waals surface area (Å²) in [6.07, 6.45) is 2.29. The highest BCUT2D eigenvalue weighted by Crippen LogP contribution is 2.52. The van der Waals surface area contributed by atoms with Crippen molar-refractivity contribution < 1.29 is 23.8 Å². The van der Waals surface area contributed by atoms with E-state index in [1.54, 1.807) is 4.90 Å². The highest BCUT2D eigenvalue weighted by atomic mass is 16.6. The highest BCUT2D eigenvalue weighted by Gasteiger charge is 2.49. The van der Waals surface area contributed by atoms with Gasteiger partial charge >= 0.3 is 12.2 Å². The van der Waals surface area contributed by atoms with Crippen molar-refractivity contribution in [3.05, 3.63) is 35.0 Å². The largest absolute Gasteiger partial charge is 0.482 e. The van der Waals surface area contributed by atoms with Crippen molar-refractivity contribution in [2.45, 2.75) is 123 Å². The highest BCUT2D eigenvalue weighted by molar-refractivity contribution is 5.76. The maximum atomic E-state index is 13.1. The molecule has 2 fully saturated rings. The summed E-state index contributed by atoms with van der Waals surface area (Å²) in [5.41, 5.74) is 3.28. The summed E-state index contributed by atoms with van der Waals surface area (Å²) < 4.78 is 20.5. The maximum Gasteiger partial charge on any atom is 0.410 e. The zero-order chi connectivity index (χ0) is 30.8. The molecule has 0 unspecified atom stereocenters. The number of amides is 2. The molecule has 5 rings (SSSR count). The van der Waals surface area contributed by atoms with Gasteiger partial charge in [0.25, 0.3) is 0 Å². The predicted octanol–water partition coefficient (Wildman–Crippen LogP) is 7.14. The van der Waals surface area contributed by atoms with E-state index >= 15 is 0 Å². The summed E-state index contributed by atoms with van der Waals surface area (Å²) in [7, 11) is 0. The van der Waals surface area contributed by atoms with E-state index in [4.69, 9.17) is 19.3 Å².